The van der Waals surface area contributed by atoms with Gasteiger partial charge in [-0.2, -0.15) is 0 Å². The molecule has 0 radical (unpaired) electrons. The molecule has 110 valence electrons. The van der Waals surface area contributed by atoms with Crippen LogP contribution in [0.2, 0.25) is 5.02 Å². The zero-order valence-corrected chi connectivity index (χ0v) is 13.3. The van der Waals surface area contributed by atoms with Crippen molar-refractivity contribution < 1.29 is 9.53 Å². The van der Waals surface area contributed by atoms with Crippen LogP contribution < -0.4 is 4.74 Å². The number of carbonyl (C=O) groups is 1. The molecule has 0 heterocycles. The number of ether oxygens (including phenoxy) is 1. The molecule has 0 aromatic heterocycles. The Morgan fingerprint density at radius 1 is 1.10 bits per heavy atom. The lowest BCUT2D eigenvalue weighted by Crippen LogP contribution is -1.95. The van der Waals surface area contributed by atoms with Crippen molar-refractivity contribution in [2.45, 2.75) is 27.2 Å². The van der Waals surface area contributed by atoms with E-state index < -0.39 is 0 Å². The highest BCUT2D eigenvalue weighted by Gasteiger charge is 2.05. The van der Waals surface area contributed by atoms with Gasteiger partial charge in [-0.1, -0.05) is 25.4 Å². The van der Waals surface area contributed by atoms with E-state index >= 15 is 0 Å². The molecule has 0 spiro atoms. The van der Waals surface area contributed by atoms with Crippen molar-refractivity contribution in [2.24, 2.45) is 5.92 Å². The van der Waals surface area contributed by atoms with Crippen molar-refractivity contribution in [1.82, 2.24) is 0 Å². The predicted octanol–water partition coefficient (Wildman–Crippen LogP) is 5.53. The highest BCUT2D eigenvalue weighted by atomic mass is 35.5. The van der Waals surface area contributed by atoms with Gasteiger partial charge in [-0.05, 0) is 67.3 Å². The van der Waals surface area contributed by atoms with Gasteiger partial charge in [-0.3, -0.25) is 4.79 Å². The highest BCUT2D eigenvalue weighted by Crippen LogP contribution is 2.27. The van der Waals surface area contributed by atoms with Gasteiger partial charge in [0, 0.05) is 10.6 Å². The molecule has 0 saturated carbocycles. The van der Waals surface area contributed by atoms with Crippen LogP contribution in [0.25, 0.3) is 0 Å². The normalized spacial score (nSPS) is 10.7. The van der Waals surface area contributed by atoms with Gasteiger partial charge in [0.1, 0.15) is 11.5 Å². The van der Waals surface area contributed by atoms with Crippen LogP contribution in [-0.4, -0.2) is 5.78 Å². The Morgan fingerprint density at radius 3 is 2.33 bits per heavy atom. The molecule has 0 fully saturated rings. The van der Waals surface area contributed by atoms with Crippen molar-refractivity contribution >= 4 is 17.4 Å². The summed E-state index contributed by atoms with van der Waals surface area (Å²) in [4.78, 5) is 11.2. The van der Waals surface area contributed by atoms with E-state index in [-0.39, 0.29) is 5.78 Å². The SMILES string of the molecule is CC(=O)c1ccc(Oc2cc(Cl)cc(CC(C)C)c2)cc1. The van der Waals surface area contributed by atoms with Gasteiger partial charge in [0.05, 0.1) is 0 Å². The van der Waals surface area contributed by atoms with Crippen LogP contribution >= 0.6 is 11.6 Å². The molecular weight excluding hydrogens is 284 g/mol. The maximum Gasteiger partial charge on any atom is 0.159 e. The van der Waals surface area contributed by atoms with E-state index in [1.54, 1.807) is 37.3 Å². The lowest BCUT2D eigenvalue weighted by atomic mass is 10.0. The van der Waals surface area contributed by atoms with Gasteiger partial charge in [0.2, 0.25) is 0 Å². The lowest BCUT2D eigenvalue weighted by Gasteiger charge is -2.10. The standard InChI is InChI=1S/C18H19ClO2/c1-12(2)8-14-9-16(19)11-18(10-14)21-17-6-4-15(5-7-17)13(3)20/h4-7,9-12H,8H2,1-3H3. The third-order valence-corrected chi connectivity index (χ3v) is 3.29. The number of Topliss-reactive ketones (excluding diaryl/α,β-unsaturated/α-hetero) is 1. The zero-order chi connectivity index (χ0) is 15.4. The quantitative estimate of drug-likeness (QED) is 0.678. The second kappa shape index (κ2) is 6.77. The molecule has 0 bridgehead atoms. The van der Waals surface area contributed by atoms with Crippen LogP contribution in [-0.2, 0) is 6.42 Å². The third-order valence-electron chi connectivity index (χ3n) is 3.07. The van der Waals surface area contributed by atoms with Crippen molar-refractivity contribution in [1.29, 1.82) is 0 Å². The molecule has 0 saturated heterocycles. The molecule has 0 unspecified atom stereocenters. The van der Waals surface area contributed by atoms with Gasteiger partial charge in [0.15, 0.2) is 5.78 Å². The predicted molar refractivity (Wildman–Crippen MR) is 86.5 cm³/mol. The molecule has 0 aliphatic carbocycles. The molecule has 2 aromatic rings. The second-order valence-corrected chi connectivity index (χ2v) is 6.01. The Hall–Kier alpha value is -1.80. The van der Waals surface area contributed by atoms with E-state index in [2.05, 4.69) is 13.8 Å². The first-order valence-electron chi connectivity index (χ1n) is 7.02. The fourth-order valence-electron chi connectivity index (χ4n) is 2.16. The number of hydrogen-bond acceptors (Lipinski definition) is 2. The van der Waals surface area contributed by atoms with Gasteiger partial charge in [-0.15, -0.1) is 0 Å². The largest absolute Gasteiger partial charge is 0.457 e. The first-order valence-corrected chi connectivity index (χ1v) is 7.40. The summed E-state index contributed by atoms with van der Waals surface area (Å²) in [6.07, 6.45) is 0.959. The minimum absolute atomic E-state index is 0.0449. The van der Waals surface area contributed by atoms with E-state index in [0.29, 0.717) is 28.0 Å². The maximum atomic E-state index is 11.2. The number of carbonyl (C=O) groups excluding carboxylic acids is 1. The van der Waals surface area contributed by atoms with E-state index in [1.807, 2.05) is 12.1 Å². The summed E-state index contributed by atoms with van der Waals surface area (Å²) in [7, 11) is 0. The monoisotopic (exact) mass is 302 g/mol. The summed E-state index contributed by atoms with van der Waals surface area (Å²) < 4.78 is 5.82. The van der Waals surface area contributed by atoms with E-state index in [9.17, 15) is 4.79 Å². The number of benzene rings is 2. The van der Waals surface area contributed by atoms with Gasteiger partial charge in [-0.25, -0.2) is 0 Å². The average Bonchev–Trinajstić information content (AvgIpc) is 2.37. The molecule has 0 atom stereocenters. The number of hydrogen-bond donors (Lipinski definition) is 0. The van der Waals surface area contributed by atoms with E-state index in [4.69, 9.17) is 16.3 Å². The molecule has 2 rings (SSSR count). The van der Waals surface area contributed by atoms with Crippen LogP contribution in [0, 0.1) is 5.92 Å². The Labute approximate surface area is 130 Å². The molecule has 0 aliphatic rings. The number of rotatable bonds is 5. The number of halogens is 1. The Kier molecular flexibility index (Phi) is 5.03. The van der Waals surface area contributed by atoms with Crippen LogP contribution in [0.15, 0.2) is 42.5 Å². The van der Waals surface area contributed by atoms with Crippen LogP contribution in [0.5, 0.6) is 11.5 Å². The summed E-state index contributed by atoms with van der Waals surface area (Å²) >= 11 is 6.14. The van der Waals surface area contributed by atoms with Gasteiger partial charge < -0.3 is 4.74 Å². The maximum absolute atomic E-state index is 11.2. The minimum Gasteiger partial charge on any atom is -0.457 e. The Balaban J connectivity index is 2.18. The van der Waals surface area contributed by atoms with Crippen LogP contribution in [0.4, 0.5) is 0 Å². The molecular formula is C18H19ClO2. The topological polar surface area (TPSA) is 26.3 Å². The molecule has 3 heteroatoms. The fraction of sp³-hybridized carbons (Fsp3) is 0.278. The first kappa shape index (κ1) is 15.6. The van der Waals surface area contributed by atoms with Crippen molar-refractivity contribution in [2.75, 3.05) is 0 Å². The molecule has 0 aliphatic heterocycles. The summed E-state index contributed by atoms with van der Waals surface area (Å²) in [5, 5.41) is 0.670. The number of ketones is 1. The molecule has 0 amide bonds. The summed E-state index contributed by atoms with van der Waals surface area (Å²) in [5.74, 6) is 2.01. The van der Waals surface area contributed by atoms with Gasteiger partial charge in [0.25, 0.3) is 0 Å². The second-order valence-electron chi connectivity index (χ2n) is 5.58. The average molecular weight is 303 g/mol. The molecule has 21 heavy (non-hydrogen) atoms. The van der Waals surface area contributed by atoms with Crippen LogP contribution in [0.3, 0.4) is 0 Å². The van der Waals surface area contributed by atoms with Crippen molar-refractivity contribution in [3.63, 3.8) is 0 Å². The minimum atomic E-state index is 0.0449. The molecule has 2 aromatic carbocycles. The van der Waals surface area contributed by atoms with Crippen molar-refractivity contribution in [3.05, 3.63) is 58.6 Å². The fourth-order valence-corrected chi connectivity index (χ4v) is 2.41. The summed E-state index contributed by atoms with van der Waals surface area (Å²) in [6.45, 7) is 5.88. The highest BCUT2D eigenvalue weighted by molar-refractivity contribution is 6.30. The van der Waals surface area contributed by atoms with E-state index in [0.717, 1.165) is 12.0 Å². The van der Waals surface area contributed by atoms with Crippen LogP contribution in [0.1, 0.15) is 36.7 Å². The van der Waals surface area contributed by atoms with Gasteiger partial charge >= 0.3 is 0 Å². The lowest BCUT2D eigenvalue weighted by molar-refractivity contribution is 0.101. The molecule has 2 nitrogen and oxygen atoms in total. The van der Waals surface area contributed by atoms with E-state index in [1.165, 1.54) is 0 Å². The first-order chi connectivity index (χ1) is 9.94. The molecule has 0 N–H and O–H groups in total. The Morgan fingerprint density at radius 2 is 1.76 bits per heavy atom. The Bertz CT molecular complexity index is 630. The third kappa shape index (κ3) is 4.61. The smallest absolute Gasteiger partial charge is 0.159 e. The zero-order valence-electron chi connectivity index (χ0n) is 12.5. The summed E-state index contributed by atoms with van der Waals surface area (Å²) in [5.41, 5.74) is 1.83. The van der Waals surface area contributed by atoms with Crippen molar-refractivity contribution in [3.8, 4) is 11.5 Å². The summed E-state index contributed by atoms with van der Waals surface area (Å²) in [6, 6.07) is 12.9.